The predicted molar refractivity (Wildman–Crippen MR) is 75.7 cm³/mol. The summed E-state index contributed by atoms with van der Waals surface area (Å²) in [4.78, 5) is 15.2. The molecule has 0 bridgehead atoms. The largest absolute Gasteiger partial charge is 0.417 e. The zero-order valence-electron chi connectivity index (χ0n) is 10.9. The third-order valence-corrected chi connectivity index (χ3v) is 3.34. The number of aromatic nitrogens is 1. The number of alkyl halides is 3. The van der Waals surface area contributed by atoms with Crippen molar-refractivity contribution in [3.05, 3.63) is 58.1 Å². The Labute approximate surface area is 131 Å². The van der Waals surface area contributed by atoms with E-state index in [1.165, 1.54) is 18.2 Å². The molecule has 3 nitrogen and oxygen atoms in total. The van der Waals surface area contributed by atoms with E-state index in [2.05, 4.69) is 26.2 Å². The molecule has 116 valence electrons. The molecule has 1 N–H and O–H groups in total. The van der Waals surface area contributed by atoms with Crippen molar-refractivity contribution in [1.82, 2.24) is 4.98 Å². The lowest BCUT2D eigenvalue weighted by molar-refractivity contribution is -0.137. The van der Waals surface area contributed by atoms with Gasteiger partial charge in [0.05, 0.1) is 28.3 Å². The maximum absolute atomic E-state index is 13.3. The highest BCUT2D eigenvalue weighted by Crippen LogP contribution is 2.29. The van der Waals surface area contributed by atoms with Crippen LogP contribution in [0, 0.1) is 5.82 Å². The Hall–Kier alpha value is -1.96. The molecule has 0 aliphatic carbocycles. The first-order chi connectivity index (χ1) is 10.3. The van der Waals surface area contributed by atoms with Crippen molar-refractivity contribution in [3.8, 4) is 0 Å². The summed E-state index contributed by atoms with van der Waals surface area (Å²) in [6.07, 6.45) is -2.93. The molecular weight excluding hydrogens is 368 g/mol. The van der Waals surface area contributed by atoms with Crippen molar-refractivity contribution in [3.63, 3.8) is 0 Å². The predicted octanol–water partition coefficient (Wildman–Crippen LogP) is 4.18. The lowest BCUT2D eigenvalue weighted by Crippen LogP contribution is -2.15. The summed E-state index contributed by atoms with van der Waals surface area (Å²) in [5, 5.41) is 2.30. The quantitative estimate of drug-likeness (QED) is 0.816. The second-order valence-corrected chi connectivity index (χ2v) is 5.29. The Morgan fingerprint density at radius 2 is 1.95 bits per heavy atom. The molecule has 0 radical (unpaired) electrons. The van der Waals surface area contributed by atoms with E-state index < -0.39 is 23.5 Å². The zero-order chi connectivity index (χ0) is 16.3. The van der Waals surface area contributed by atoms with E-state index in [4.69, 9.17) is 0 Å². The van der Waals surface area contributed by atoms with Gasteiger partial charge in [-0.15, -0.1) is 0 Å². The second-order valence-electron chi connectivity index (χ2n) is 4.43. The monoisotopic (exact) mass is 376 g/mol. The normalized spacial score (nSPS) is 11.3. The van der Waals surface area contributed by atoms with Crippen LogP contribution in [0.3, 0.4) is 0 Å². The van der Waals surface area contributed by atoms with Crippen LogP contribution in [0.15, 0.2) is 41.1 Å². The average molecular weight is 377 g/mol. The first kappa shape index (κ1) is 16.4. The van der Waals surface area contributed by atoms with Crippen LogP contribution in [0.5, 0.6) is 0 Å². The van der Waals surface area contributed by atoms with Gasteiger partial charge in [-0.2, -0.15) is 13.2 Å². The van der Waals surface area contributed by atoms with Gasteiger partial charge in [-0.05, 0) is 39.7 Å². The minimum atomic E-state index is -4.54. The van der Waals surface area contributed by atoms with Crippen LogP contribution in [0.1, 0.15) is 11.1 Å². The zero-order valence-corrected chi connectivity index (χ0v) is 12.5. The summed E-state index contributed by atoms with van der Waals surface area (Å²) < 4.78 is 51.2. The van der Waals surface area contributed by atoms with Gasteiger partial charge in [0.25, 0.3) is 0 Å². The highest BCUT2D eigenvalue weighted by Gasteiger charge is 2.31. The Balaban J connectivity index is 2.07. The first-order valence-electron chi connectivity index (χ1n) is 6.02. The van der Waals surface area contributed by atoms with Gasteiger partial charge in [-0.3, -0.25) is 9.78 Å². The fraction of sp³-hybridized carbons (Fsp3) is 0.143. The summed E-state index contributed by atoms with van der Waals surface area (Å²) in [5.41, 5.74) is -0.629. The van der Waals surface area contributed by atoms with Crippen LogP contribution in [0.4, 0.5) is 23.2 Å². The maximum Gasteiger partial charge on any atom is 0.417 e. The molecule has 0 saturated heterocycles. The standard InChI is InChI=1S/C14H9BrF4N2O/c15-11-2-1-8(3-12(11)16)4-13(22)21-10-5-9(6-20-7-10)14(17,18)19/h1-3,5-7H,4H2,(H,21,22). The number of nitrogens with zero attached hydrogens (tertiary/aromatic N) is 1. The molecule has 0 unspecified atom stereocenters. The van der Waals surface area contributed by atoms with Crippen LogP contribution in [-0.4, -0.2) is 10.9 Å². The molecule has 1 aromatic carbocycles. The first-order valence-corrected chi connectivity index (χ1v) is 6.81. The Kier molecular flexibility index (Phi) is 4.80. The van der Waals surface area contributed by atoms with Crippen molar-refractivity contribution in [2.75, 3.05) is 5.32 Å². The van der Waals surface area contributed by atoms with E-state index in [9.17, 15) is 22.4 Å². The summed E-state index contributed by atoms with van der Waals surface area (Å²) in [6.45, 7) is 0. The van der Waals surface area contributed by atoms with E-state index in [0.717, 1.165) is 12.3 Å². The van der Waals surface area contributed by atoms with E-state index in [1.807, 2.05) is 0 Å². The number of benzene rings is 1. The number of nitrogens with one attached hydrogen (secondary N) is 1. The Morgan fingerprint density at radius 3 is 2.59 bits per heavy atom. The molecule has 0 aliphatic heterocycles. The van der Waals surface area contributed by atoms with E-state index in [-0.39, 0.29) is 16.6 Å². The van der Waals surface area contributed by atoms with Gasteiger partial charge >= 0.3 is 6.18 Å². The number of halogens is 5. The average Bonchev–Trinajstić information content (AvgIpc) is 2.42. The number of carbonyl (C=O) groups is 1. The number of amides is 1. The molecule has 0 aliphatic rings. The highest BCUT2D eigenvalue weighted by atomic mass is 79.9. The minimum absolute atomic E-state index is 0.0718. The SMILES string of the molecule is O=C(Cc1ccc(Br)c(F)c1)Nc1cncc(C(F)(F)F)c1. The molecule has 2 rings (SSSR count). The smallest absolute Gasteiger partial charge is 0.324 e. The number of carbonyl (C=O) groups excluding carboxylic acids is 1. The third-order valence-electron chi connectivity index (χ3n) is 2.70. The highest BCUT2D eigenvalue weighted by molar-refractivity contribution is 9.10. The number of hydrogen-bond donors (Lipinski definition) is 1. The molecular formula is C14H9BrF4N2O. The number of hydrogen-bond acceptors (Lipinski definition) is 2. The topological polar surface area (TPSA) is 42.0 Å². The third kappa shape index (κ3) is 4.27. The van der Waals surface area contributed by atoms with Gasteiger partial charge in [0.2, 0.25) is 5.91 Å². The lowest BCUT2D eigenvalue weighted by Gasteiger charge is -2.09. The molecule has 0 spiro atoms. The summed E-state index contributed by atoms with van der Waals surface area (Å²) in [5.74, 6) is -1.09. The molecule has 1 aromatic heterocycles. The molecule has 1 amide bonds. The van der Waals surface area contributed by atoms with Crippen LogP contribution < -0.4 is 5.32 Å². The number of rotatable bonds is 3. The van der Waals surface area contributed by atoms with Crippen molar-refractivity contribution in [1.29, 1.82) is 0 Å². The summed E-state index contributed by atoms with van der Waals surface area (Å²) in [6, 6.07) is 4.95. The van der Waals surface area contributed by atoms with Crippen LogP contribution in [-0.2, 0) is 17.4 Å². The Morgan fingerprint density at radius 1 is 1.23 bits per heavy atom. The fourth-order valence-corrected chi connectivity index (χ4v) is 1.95. The molecule has 0 saturated carbocycles. The van der Waals surface area contributed by atoms with Crippen molar-refractivity contribution in [2.24, 2.45) is 0 Å². The maximum atomic E-state index is 13.3. The van der Waals surface area contributed by atoms with Gasteiger partial charge < -0.3 is 5.32 Å². The van der Waals surface area contributed by atoms with Crippen LogP contribution in [0.25, 0.3) is 0 Å². The fourth-order valence-electron chi connectivity index (χ4n) is 1.70. The summed E-state index contributed by atoms with van der Waals surface area (Å²) >= 11 is 2.99. The van der Waals surface area contributed by atoms with Crippen LogP contribution >= 0.6 is 15.9 Å². The number of pyridine rings is 1. The van der Waals surface area contributed by atoms with Gasteiger partial charge in [0.1, 0.15) is 5.82 Å². The summed E-state index contributed by atoms with van der Waals surface area (Å²) in [7, 11) is 0. The molecule has 1 heterocycles. The van der Waals surface area contributed by atoms with E-state index in [0.29, 0.717) is 11.8 Å². The molecule has 0 fully saturated rings. The van der Waals surface area contributed by atoms with Gasteiger partial charge in [-0.1, -0.05) is 6.07 Å². The molecule has 22 heavy (non-hydrogen) atoms. The van der Waals surface area contributed by atoms with Crippen molar-refractivity contribution < 1.29 is 22.4 Å². The van der Waals surface area contributed by atoms with Crippen molar-refractivity contribution in [2.45, 2.75) is 12.6 Å². The molecule has 2 aromatic rings. The minimum Gasteiger partial charge on any atom is -0.324 e. The van der Waals surface area contributed by atoms with Gasteiger partial charge in [0.15, 0.2) is 0 Å². The molecule has 8 heteroatoms. The van der Waals surface area contributed by atoms with E-state index >= 15 is 0 Å². The van der Waals surface area contributed by atoms with E-state index in [1.54, 1.807) is 0 Å². The molecule has 0 atom stereocenters. The Bertz CT molecular complexity index is 703. The lowest BCUT2D eigenvalue weighted by atomic mass is 10.1. The van der Waals surface area contributed by atoms with Gasteiger partial charge in [-0.25, -0.2) is 4.39 Å². The number of anilines is 1. The van der Waals surface area contributed by atoms with Gasteiger partial charge in [0, 0.05) is 6.20 Å². The second kappa shape index (κ2) is 6.43. The van der Waals surface area contributed by atoms with Crippen molar-refractivity contribution >= 4 is 27.5 Å². The van der Waals surface area contributed by atoms with Crippen LogP contribution in [0.2, 0.25) is 0 Å².